The van der Waals surface area contributed by atoms with Gasteiger partial charge in [0.2, 0.25) is 5.95 Å². The van der Waals surface area contributed by atoms with Gasteiger partial charge < -0.3 is 25.7 Å². The summed E-state index contributed by atoms with van der Waals surface area (Å²) in [5.41, 5.74) is 6.99. The van der Waals surface area contributed by atoms with Gasteiger partial charge in [-0.25, -0.2) is 4.98 Å². The lowest BCUT2D eigenvalue weighted by Gasteiger charge is -2.30. The summed E-state index contributed by atoms with van der Waals surface area (Å²) in [6.45, 7) is 3.31. The van der Waals surface area contributed by atoms with Crippen LogP contribution in [0.2, 0.25) is 0 Å². The van der Waals surface area contributed by atoms with Crippen molar-refractivity contribution >= 4 is 22.9 Å². The molecule has 3 rings (SSSR count). The van der Waals surface area contributed by atoms with Crippen LogP contribution in [-0.2, 0) is 4.74 Å². The van der Waals surface area contributed by atoms with E-state index >= 15 is 0 Å². The molecule has 1 fully saturated rings. The van der Waals surface area contributed by atoms with Crippen molar-refractivity contribution < 1.29 is 4.74 Å². The van der Waals surface area contributed by atoms with Gasteiger partial charge in [0.15, 0.2) is 11.5 Å². The van der Waals surface area contributed by atoms with Gasteiger partial charge in [-0.1, -0.05) is 0 Å². The molecule has 1 aliphatic rings. The van der Waals surface area contributed by atoms with Gasteiger partial charge in [0, 0.05) is 19.6 Å². The van der Waals surface area contributed by atoms with E-state index in [0.29, 0.717) is 18.0 Å². The van der Waals surface area contributed by atoms with E-state index in [1.807, 2.05) is 0 Å². The van der Waals surface area contributed by atoms with Gasteiger partial charge >= 0.3 is 0 Å². The number of morpholine rings is 1. The molecule has 1 unspecified atom stereocenters. The Balaban J connectivity index is 1.72. The summed E-state index contributed by atoms with van der Waals surface area (Å²) in [5.74, 6) is 0.876. The highest BCUT2D eigenvalue weighted by molar-refractivity contribution is 5.83. The Bertz CT molecular complexity index is 569. The number of aromatic amines is 1. The van der Waals surface area contributed by atoms with Crippen LogP contribution in [0.3, 0.4) is 0 Å². The van der Waals surface area contributed by atoms with Crippen LogP contribution >= 0.6 is 0 Å². The molecule has 0 spiro atoms. The molecule has 8 nitrogen and oxygen atoms in total. The standard InChI is InChI=1S/C11H17N7O/c1-18-2-3-19-7(5-18)4-13-9-8-10(15-6-14-8)17-11(12)16-9/h6-7H,2-5H2,1H3,(H4,12,13,14,15,16,17). The average molecular weight is 263 g/mol. The van der Waals surface area contributed by atoms with Gasteiger partial charge in [0.05, 0.1) is 19.0 Å². The van der Waals surface area contributed by atoms with Gasteiger partial charge in [0.1, 0.15) is 5.52 Å². The normalized spacial score (nSPS) is 20.8. The van der Waals surface area contributed by atoms with Crippen molar-refractivity contribution in [2.45, 2.75) is 6.10 Å². The fraction of sp³-hybridized carbons (Fsp3) is 0.545. The topological polar surface area (TPSA) is 105 Å². The van der Waals surface area contributed by atoms with Crippen LogP contribution in [0.4, 0.5) is 11.8 Å². The molecule has 0 aliphatic carbocycles. The first-order chi connectivity index (χ1) is 9.22. The zero-order valence-electron chi connectivity index (χ0n) is 10.8. The number of nitrogen functional groups attached to an aromatic ring is 1. The highest BCUT2D eigenvalue weighted by Crippen LogP contribution is 2.17. The lowest BCUT2D eigenvalue weighted by Crippen LogP contribution is -2.43. The van der Waals surface area contributed by atoms with Crippen LogP contribution in [0.5, 0.6) is 0 Å². The number of nitrogens with zero attached hydrogens (tertiary/aromatic N) is 4. The summed E-state index contributed by atoms with van der Waals surface area (Å²) < 4.78 is 5.69. The first kappa shape index (κ1) is 12.1. The molecule has 1 aliphatic heterocycles. The van der Waals surface area contributed by atoms with Crippen LogP contribution in [0, 0.1) is 0 Å². The zero-order valence-corrected chi connectivity index (χ0v) is 10.8. The molecule has 0 saturated carbocycles. The molecule has 0 radical (unpaired) electrons. The highest BCUT2D eigenvalue weighted by Gasteiger charge is 2.18. The Kier molecular flexibility index (Phi) is 3.18. The summed E-state index contributed by atoms with van der Waals surface area (Å²) >= 11 is 0. The second-order valence-electron chi connectivity index (χ2n) is 4.67. The first-order valence-electron chi connectivity index (χ1n) is 6.23. The number of anilines is 2. The fourth-order valence-corrected chi connectivity index (χ4v) is 2.18. The number of nitrogens with one attached hydrogen (secondary N) is 2. The summed E-state index contributed by atoms with van der Waals surface area (Å²) in [6.07, 6.45) is 1.72. The number of likely N-dealkylation sites (N-methyl/N-ethyl adjacent to an activating group) is 1. The smallest absolute Gasteiger partial charge is 0.224 e. The van der Waals surface area contributed by atoms with Gasteiger partial charge in [0.25, 0.3) is 0 Å². The van der Waals surface area contributed by atoms with E-state index in [2.05, 4.69) is 37.2 Å². The van der Waals surface area contributed by atoms with Crippen molar-refractivity contribution in [2.75, 3.05) is 44.3 Å². The van der Waals surface area contributed by atoms with Crippen LogP contribution in [0.25, 0.3) is 11.2 Å². The number of nitrogens with two attached hydrogens (primary N) is 1. The molecule has 1 saturated heterocycles. The predicted octanol–water partition coefficient (Wildman–Crippen LogP) is -0.322. The van der Waals surface area contributed by atoms with Crippen molar-refractivity contribution in [3.63, 3.8) is 0 Å². The van der Waals surface area contributed by atoms with Crippen LogP contribution in [0.1, 0.15) is 0 Å². The lowest BCUT2D eigenvalue weighted by molar-refractivity contribution is -0.0117. The third-order valence-corrected chi connectivity index (χ3v) is 3.14. The van der Waals surface area contributed by atoms with Crippen LogP contribution in [0.15, 0.2) is 6.33 Å². The van der Waals surface area contributed by atoms with Crippen molar-refractivity contribution in [1.29, 1.82) is 0 Å². The van der Waals surface area contributed by atoms with E-state index in [4.69, 9.17) is 10.5 Å². The minimum atomic E-state index is 0.146. The average Bonchev–Trinajstić information content (AvgIpc) is 2.84. The predicted molar refractivity (Wildman–Crippen MR) is 71.8 cm³/mol. The van der Waals surface area contributed by atoms with Crippen molar-refractivity contribution in [3.05, 3.63) is 6.33 Å². The highest BCUT2D eigenvalue weighted by atomic mass is 16.5. The monoisotopic (exact) mass is 263 g/mol. The summed E-state index contributed by atoms with van der Waals surface area (Å²) in [5, 5.41) is 3.25. The molecular formula is C11H17N7O. The lowest BCUT2D eigenvalue weighted by atomic mass is 10.3. The SMILES string of the molecule is CN1CCOC(CNc2nc(N)nc3nc[nH]c23)C1. The van der Waals surface area contributed by atoms with Gasteiger partial charge in [-0.3, -0.25) is 0 Å². The summed E-state index contributed by atoms with van der Waals surface area (Å²) in [6, 6.07) is 0. The minimum Gasteiger partial charge on any atom is -0.374 e. The molecule has 102 valence electrons. The maximum absolute atomic E-state index is 5.69. The zero-order chi connectivity index (χ0) is 13.2. The van der Waals surface area contributed by atoms with Crippen molar-refractivity contribution in [1.82, 2.24) is 24.8 Å². The Labute approximate surface area is 110 Å². The Morgan fingerprint density at radius 2 is 2.47 bits per heavy atom. The largest absolute Gasteiger partial charge is 0.374 e. The first-order valence-corrected chi connectivity index (χ1v) is 6.23. The number of fused-ring (bicyclic) bond motifs is 1. The molecule has 8 heteroatoms. The maximum atomic E-state index is 5.69. The molecule has 0 amide bonds. The van der Waals surface area contributed by atoms with Crippen LogP contribution < -0.4 is 11.1 Å². The molecule has 19 heavy (non-hydrogen) atoms. The Morgan fingerprint density at radius 1 is 1.58 bits per heavy atom. The molecule has 2 aromatic heterocycles. The fourth-order valence-electron chi connectivity index (χ4n) is 2.18. The molecule has 3 heterocycles. The molecule has 4 N–H and O–H groups in total. The summed E-state index contributed by atoms with van der Waals surface area (Å²) in [7, 11) is 2.09. The van der Waals surface area contributed by atoms with E-state index in [1.54, 1.807) is 6.33 Å². The number of aromatic nitrogens is 4. The molecule has 1 atom stereocenters. The number of hydrogen-bond acceptors (Lipinski definition) is 7. The second kappa shape index (κ2) is 4.98. The minimum absolute atomic E-state index is 0.146. The molecule has 0 bridgehead atoms. The van der Waals surface area contributed by atoms with Gasteiger partial charge in [-0.2, -0.15) is 9.97 Å². The molecule has 0 aromatic carbocycles. The Hall–Kier alpha value is -1.93. The number of ether oxygens (including phenoxy) is 1. The maximum Gasteiger partial charge on any atom is 0.224 e. The second-order valence-corrected chi connectivity index (χ2v) is 4.67. The molecular weight excluding hydrogens is 246 g/mol. The van der Waals surface area contributed by atoms with Gasteiger partial charge in [-0.05, 0) is 7.05 Å². The number of hydrogen-bond donors (Lipinski definition) is 3. The number of imidazole rings is 1. The number of H-pyrrole nitrogens is 1. The van der Waals surface area contributed by atoms with E-state index in [-0.39, 0.29) is 12.1 Å². The van der Waals surface area contributed by atoms with E-state index in [9.17, 15) is 0 Å². The summed E-state index contributed by atoms with van der Waals surface area (Å²) in [4.78, 5) is 17.6. The van der Waals surface area contributed by atoms with Crippen molar-refractivity contribution in [3.8, 4) is 0 Å². The van der Waals surface area contributed by atoms with E-state index in [0.717, 1.165) is 25.2 Å². The van der Waals surface area contributed by atoms with E-state index < -0.39 is 0 Å². The molecule has 2 aromatic rings. The third-order valence-electron chi connectivity index (χ3n) is 3.14. The van der Waals surface area contributed by atoms with Gasteiger partial charge in [-0.15, -0.1) is 0 Å². The van der Waals surface area contributed by atoms with E-state index in [1.165, 1.54) is 0 Å². The number of rotatable bonds is 3. The van der Waals surface area contributed by atoms with Crippen LogP contribution in [-0.4, -0.2) is 64.2 Å². The third kappa shape index (κ3) is 2.59. The van der Waals surface area contributed by atoms with Crippen molar-refractivity contribution in [2.24, 2.45) is 0 Å². The quantitative estimate of drug-likeness (QED) is 0.696. The Morgan fingerprint density at radius 3 is 3.32 bits per heavy atom.